The maximum absolute atomic E-state index is 11.8. The standard InChI is InChI=1S/C12H19N3O3/c1-8(2)5-6-13-10(16)9-7-14(3)12(18)15(4)11(9)17/h7-8H,5-6H2,1-4H3,(H,13,16). The Morgan fingerprint density at radius 1 is 1.33 bits per heavy atom. The van der Waals surface area contributed by atoms with Crippen LogP contribution < -0.4 is 16.6 Å². The zero-order chi connectivity index (χ0) is 13.9. The molecule has 0 fully saturated rings. The summed E-state index contributed by atoms with van der Waals surface area (Å²) >= 11 is 0. The first-order valence-corrected chi connectivity index (χ1v) is 5.89. The minimum atomic E-state index is -0.569. The SMILES string of the molecule is CC(C)CCNC(=O)c1cn(C)c(=O)n(C)c1=O. The summed E-state index contributed by atoms with van der Waals surface area (Å²) in [6.07, 6.45) is 2.12. The van der Waals surface area contributed by atoms with Crippen molar-refractivity contribution in [2.24, 2.45) is 20.0 Å². The number of hydrogen-bond acceptors (Lipinski definition) is 3. The van der Waals surface area contributed by atoms with E-state index >= 15 is 0 Å². The highest BCUT2D eigenvalue weighted by Crippen LogP contribution is 1.97. The Balaban J connectivity index is 2.94. The molecule has 1 N–H and O–H groups in total. The highest BCUT2D eigenvalue weighted by atomic mass is 16.2. The van der Waals surface area contributed by atoms with Crippen molar-refractivity contribution in [1.29, 1.82) is 0 Å². The van der Waals surface area contributed by atoms with Crippen LogP contribution in [0.25, 0.3) is 0 Å². The van der Waals surface area contributed by atoms with Crippen LogP contribution in [-0.4, -0.2) is 21.6 Å². The lowest BCUT2D eigenvalue weighted by Crippen LogP contribution is -2.42. The van der Waals surface area contributed by atoms with Crippen molar-refractivity contribution in [3.8, 4) is 0 Å². The average molecular weight is 253 g/mol. The first-order valence-electron chi connectivity index (χ1n) is 5.89. The van der Waals surface area contributed by atoms with Gasteiger partial charge in [-0.05, 0) is 12.3 Å². The summed E-state index contributed by atoms with van der Waals surface area (Å²) in [5.74, 6) is 0.0418. The second-order valence-corrected chi connectivity index (χ2v) is 4.74. The molecule has 1 amide bonds. The third kappa shape index (κ3) is 3.09. The van der Waals surface area contributed by atoms with Crippen molar-refractivity contribution >= 4 is 5.91 Å². The Hall–Kier alpha value is -1.85. The first kappa shape index (κ1) is 14.2. The van der Waals surface area contributed by atoms with Gasteiger partial charge in [-0.1, -0.05) is 13.8 Å². The van der Waals surface area contributed by atoms with Gasteiger partial charge in [0.1, 0.15) is 5.56 Å². The van der Waals surface area contributed by atoms with Crippen molar-refractivity contribution < 1.29 is 4.79 Å². The van der Waals surface area contributed by atoms with E-state index in [1.165, 1.54) is 24.9 Å². The van der Waals surface area contributed by atoms with Gasteiger partial charge in [-0.25, -0.2) is 4.79 Å². The van der Waals surface area contributed by atoms with Gasteiger partial charge in [-0.3, -0.25) is 14.2 Å². The summed E-state index contributed by atoms with van der Waals surface area (Å²) in [6, 6.07) is 0. The van der Waals surface area contributed by atoms with E-state index in [4.69, 9.17) is 0 Å². The number of amides is 1. The Bertz CT molecular complexity index is 555. The number of rotatable bonds is 4. The molecule has 0 saturated carbocycles. The van der Waals surface area contributed by atoms with Crippen molar-refractivity contribution in [1.82, 2.24) is 14.5 Å². The smallest absolute Gasteiger partial charge is 0.330 e. The number of aromatic nitrogens is 2. The molecule has 1 heterocycles. The molecule has 6 nitrogen and oxygen atoms in total. The van der Waals surface area contributed by atoms with Gasteiger partial charge in [-0.15, -0.1) is 0 Å². The minimum absolute atomic E-state index is 0.0108. The van der Waals surface area contributed by atoms with Gasteiger partial charge in [0, 0.05) is 26.8 Å². The van der Waals surface area contributed by atoms with Crippen LogP contribution in [0.5, 0.6) is 0 Å². The fourth-order valence-corrected chi connectivity index (χ4v) is 1.53. The van der Waals surface area contributed by atoms with E-state index in [9.17, 15) is 14.4 Å². The number of hydrogen-bond donors (Lipinski definition) is 1. The van der Waals surface area contributed by atoms with Crippen LogP contribution in [-0.2, 0) is 14.1 Å². The summed E-state index contributed by atoms with van der Waals surface area (Å²) in [6.45, 7) is 4.62. The molecule has 0 saturated heterocycles. The molecule has 1 aromatic heterocycles. The van der Waals surface area contributed by atoms with Crippen molar-refractivity contribution in [2.45, 2.75) is 20.3 Å². The van der Waals surface area contributed by atoms with E-state index in [0.29, 0.717) is 12.5 Å². The molecule has 0 atom stereocenters. The number of aryl methyl sites for hydroxylation is 1. The molecular weight excluding hydrogens is 234 g/mol. The van der Waals surface area contributed by atoms with E-state index in [-0.39, 0.29) is 5.56 Å². The monoisotopic (exact) mass is 253 g/mol. The normalized spacial score (nSPS) is 10.7. The lowest BCUT2D eigenvalue weighted by atomic mass is 10.1. The van der Waals surface area contributed by atoms with Crippen LogP contribution in [0.4, 0.5) is 0 Å². The van der Waals surface area contributed by atoms with Crippen molar-refractivity contribution in [2.75, 3.05) is 6.54 Å². The molecule has 6 heteroatoms. The zero-order valence-corrected chi connectivity index (χ0v) is 11.2. The van der Waals surface area contributed by atoms with Crippen molar-refractivity contribution in [3.63, 3.8) is 0 Å². The molecular formula is C12H19N3O3. The number of carbonyl (C=O) groups is 1. The molecule has 1 aromatic rings. The lowest BCUT2D eigenvalue weighted by molar-refractivity contribution is 0.0949. The summed E-state index contributed by atoms with van der Waals surface area (Å²) in [4.78, 5) is 35.1. The molecule has 0 aromatic carbocycles. The summed E-state index contributed by atoms with van der Waals surface area (Å²) in [5.41, 5.74) is -1.03. The van der Waals surface area contributed by atoms with Crippen LogP contribution in [0.2, 0.25) is 0 Å². The Morgan fingerprint density at radius 3 is 2.50 bits per heavy atom. The van der Waals surface area contributed by atoms with Crippen LogP contribution in [0, 0.1) is 5.92 Å². The van der Waals surface area contributed by atoms with Crippen LogP contribution >= 0.6 is 0 Å². The molecule has 100 valence electrons. The lowest BCUT2D eigenvalue weighted by Gasteiger charge is -2.08. The quantitative estimate of drug-likeness (QED) is 0.811. The Kier molecular flexibility index (Phi) is 4.47. The molecule has 0 aliphatic heterocycles. The highest BCUT2D eigenvalue weighted by molar-refractivity contribution is 5.93. The Morgan fingerprint density at radius 2 is 1.94 bits per heavy atom. The highest BCUT2D eigenvalue weighted by Gasteiger charge is 2.14. The third-order valence-corrected chi connectivity index (χ3v) is 2.70. The van der Waals surface area contributed by atoms with Gasteiger partial charge in [0.15, 0.2) is 0 Å². The van der Waals surface area contributed by atoms with Gasteiger partial charge >= 0.3 is 5.69 Å². The molecule has 18 heavy (non-hydrogen) atoms. The van der Waals surface area contributed by atoms with Crippen LogP contribution in [0.15, 0.2) is 15.8 Å². The number of nitrogens with one attached hydrogen (secondary N) is 1. The topological polar surface area (TPSA) is 73.1 Å². The molecule has 0 unspecified atom stereocenters. The van der Waals surface area contributed by atoms with E-state index in [1.54, 1.807) is 0 Å². The molecule has 0 aliphatic rings. The molecule has 0 bridgehead atoms. The first-order chi connectivity index (χ1) is 8.34. The number of carbonyl (C=O) groups excluding carboxylic acids is 1. The maximum atomic E-state index is 11.8. The van der Waals surface area contributed by atoms with Crippen LogP contribution in [0.3, 0.4) is 0 Å². The Labute approximate surface area is 105 Å². The predicted molar refractivity (Wildman–Crippen MR) is 68.7 cm³/mol. The average Bonchev–Trinajstić information content (AvgIpc) is 2.30. The van der Waals surface area contributed by atoms with E-state index in [0.717, 1.165) is 11.0 Å². The predicted octanol–water partition coefficient (Wildman–Crippen LogP) is -0.140. The fourth-order valence-electron chi connectivity index (χ4n) is 1.53. The van der Waals surface area contributed by atoms with Gasteiger partial charge in [0.2, 0.25) is 0 Å². The summed E-state index contributed by atoms with van der Waals surface area (Å²) < 4.78 is 2.15. The molecule has 0 radical (unpaired) electrons. The van der Waals surface area contributed by atoms with Gasteiger partial charge in [0.25, 0.3) is 11.5 Å². The second kappa shape index (κ2) is 5.66. The molecule has 0 spiro atoms. The number of nitrogens with zero attached hydrogens (tertiary/aromatic N) is 2. The minimum Gasteiger partial charge on any atom is -0.352 e. The van der Waals surface area contributed by atoms with E-state index < -0.39 is 17.2 Å². The van der Waals surface area contributed by atoms with Gasteiger partial charge < -0.3 is 9.88 Å². The largest absolute Gasteiger partial charge is 0.352 e. The van der Waals surface area contributed by atoms with E-state index in [2.05, 4.69) is 19.2 Å². The summed E-state index contributed by atoms with van der Waals surface area (Å²) in [7, 11) is 2.86. The van der Waals surface area contributed by atoms with Crippen molar-refractivity contribution in [3.05, 3.63) is 32.6 Å². The van der Waals surface area contributed by atoms with Crippen LogP contribution in [0.1, 0.15) is 30.6 Å². The third-order valence-electron chi connectivity index (χ3n) is 2.70. The fraction of sp³-hybridized carbons (Fsp3) is 0.583. The van der Waals surface area contributed by atoms with Gasteiger partial charge in [0.05, 0.1) is 0 Å². The zero-order valence-electron chi connectivity index (χ0n) is 11.2. The molecule has 0 aliphatic carbocycles. The maximum Gasteiger partial charge on any atom is 0.330 e. The second-order valence-electron chi connectivity index (χ2n) is 4.74. The molecule has 1 rings (SSSR count). The summed E-state index contributed by atoms with van der Waals surface area (Å²) in [5, 5.41) is 2.68. The van der Waals surface area contributed by atoms with Gasteiger partial charge in [-0.2, -0.15) is 0 Å². The van der Waals surface area contributed by atoms with E-state index in [1.807, 2.05) is 0 Å².